The fourth-order valence-corrected chi connectivity index (χ4v) is 0.884. The van der Waals surface area contributed by atoms with Crippen molar-refractivity contribution in [2.24, 2.45) is 0 Å². The van der Waals surface area contributed by atoms with Gasteiger partial charge < -0.3 is 0 Å². The molecule has 0 aromatic rings. The minimum absolute atomic E-state index is 0. The Morgan fingerprint density at radius 1 is 0.600 bits per heavy atom. The van der Waals surface area contributed by atoms with E-state index in [0.29, 0.717) is 0 Å². The van der Waals surface area contributed by atoms with E-state index in [1.54, 1.807) is 0 Å². The lowest BCUT2D eigenvalue weighted by molar-refractivity contribution is 0.886. The highest BCUT2D eigenvalue weighted by Gasteiger charge is 1.95. The van der Waals surface area contributed by atoms with Crippen LogP contribution in [0.2, 0.25) is 0 Å². The van der Waals surface area contributed by atoms with Crippen LogP contribution in [-0.2, 0) is 0 Å². The van der Waals surface area contributed by atoms with Gasteiger partial charge in [0.25, 0.3) is 0 Å². The highest BCUT2D eigenvalue weighted by Crippen LogP contribution is 2.15. The van der Waals surface area contributed by atoms with Gasteiger partial charge in [0.2, 0.25) is 0 Å². The summed E-state index contributed by atoms with van der Waals surface area (Å²) in [6.45, 7) is 4.00. The lowest BCUT2D eigenvalue weighted by Gasteiger charge is -1.67. The van der Waals surface area contributed by atoms with Crippen LogP contribution >= 0.6 is 24.8 Å². The van der Waals surface area contributed by atoms with Crippen LogP contribution in [0.3, 0.4) is 0 Å². The molecule has 1 aliphatic carbocycles. The van der Waals surface area contributed by atoms with Crippen LogP contribution in [0.25, 0.3) is 0 Å². The van der Waals surface area contributed by atoms with Crippen LogP contribution in [0.15, 0.2) is 0 Å². The van der Waals surface area contributed by atoms with Gasteiger partial charge in [0.1, 0.15) is 0 Å². The van der Waals surface area contributed by atoms with E-state index in [1.165, 1.54) is 32.1 Å². The van der Waals surface area contributed by atoms with Crippen molar-refractivity contribution in [3.05, 3.63) is 0 Å². The van der Waals surface area contributed by atoms with Crippen molar-refractivity contribution in [1.82, 2.24) is 0 Å². The Morgan fingerprint density at radius 3 is 0.800 bits per heavy atom. The second kappa shape index (κ2) is 22.6. The average Bonchev–Trinajstić information content (AvgIpc) is 2.23. The second-order valence-corrected chi connectivity index (χ2v) is 1.77. The van der Waals surface area contributed by atoms with Crippen molar-refractivity contribution in [2.45, 2.75) is 46.0 Å². The van der Waals surface area contributed by atoms with E-state index in [0.717, 1.165) is 0 Å². The van der Waals surface area contributed by atoms with E-state index in [1.807, 2.05) is 13.8 Å². The maximum Gasteiger partial charge on any atom is -0.0149 e. The third-order valence-corrected chi connectivity index (χ3v) is 1.25. The minimum Gasteiger partial charge on any atom is -0.147 e. The number of hydrogen-bond acceptors (Lipinski definition) is 0. The van der Waals surface area contributed by atoms with Crippen molar-refractivity contribution < 1.29 is 0 Å². The highest BCUT2D eigenvalue weighted by molar-refractivity contribution is 5.85. The highest BCUT2D eigenvalue weighted by atomic mass is 35.5. The first-order valence-electron chi connectivity index (χ1n) is 3.50. The van der Waals surface area contributed by atoms with Gasteiger partial charge in [0.05, 0.1) is 0 Å². The van der Waals surface area contributed by atoms with E-state index in [4.69, 9.17) is 0 Å². The van der Waals surface area contributed by atoms with Crippen molar-refractivity contribution in [1.29, 1.82) is 0 Å². The van der Waals surface area contributed by atoms with Gasteiger partial charge >= 0.3 is 0 Å². The Kier molecular flexibility index (Phi) is 50.6. The summed E-state index contributed by atoms with van der Waals surface area (Å²) in [5.41, 5.74) is 0. The van der Waals surface area contributed by atoms with E-state index in [2.05, 4.69) is 0 Å². The van der Waals surface area contributed by atoms with Crippen LogP contribution in [0.1, 0.15) is 46.0 Å². The summed E-state index contributed by atoms with van der Waals surface area (Å²) < 4.78 is 0. The summed E-state index contributed by atoms with van der Waals surface area (Å²) in [4.78, 5) is 0. The Bertz CT molecular complexity index is 23.2. The Morgan fingerprint density at radius 2 is 0.700 bits per heavy atom. The Hall–Kier alpha value is 0.797. The third-order valence-electron chi connectivity index (χ3n) is 1.25. The van der Waals surface area contributed by atoms with Gasteiger partial charge in [-0.25, -0.2) is 0 Å². The molecular formula is C7H22Cl2Si. The molecule has 0 radical (unpaired) electrons. The zero-order valence-electron chi connectivity index (χ0n) is 6.35. The molecule has 0 aromatic carbocycles. The SMILES string of the molecule is C1CCCC1.CC.Cl.Cl.[SiH4]. The molecule has 0 spiro atoms. The molecule has 1 saturated carbocycles. The molecule has 1 fully saturated rings. The molecule has 0 bridgehead atoms. The Balaban J connectivity index is -0.0000000337. The minimum atomic E-state index is 0. The quantitative estimate of drug-likeness (QED) is 0.533. The van der Waals surface area contributed by atoms with Crippen LogP contribution in [0, 0.1) is 0 Å². The molecule has 0 atom stereocenters. The number of rotatable bonds is 0. The summed E-state index contributed by atoms with van der Waals surface area (Å²) >= 11 is 0. The molecule has 0 N–H and O–H groups in total. The smallest absolute Gasteiger partial charge is 0.0149 e. The molecule has 0 heterocycles. The van der Waals surface area contributed by atoms with Crippen molar-refractivity contribution >= 4 is 35.8 Å². The molecule has 0 aliphatic heterocycles. The van der Waals surface area contributed by atoms with Crippen molar-refractivity contribution in [2.75, 3.05) is 0 Å². The molecule has 68 valence electrons. The molecule has 3 heteroatoms. The van der Waals surface area contributed by atoms with Gasteiger partial charge in [-0.05, 0) is 11.0 Å². The molecular weight excluding hydrogens is 183 g/mol. The molecule has 0 aromatic heterocycles. The fraction of sp³-hybridized carbons (Fsp3) is 1.00. The van der Waals surface area contributed by atoms with E-state index in [-0.39, 0.29) is 35.8 Å². The molecule has 1 rings (SSSR count). The largest absolute Gasteiger partial charge is 0.147 e. The van der Waals surface area contributed by atoms with Crippen LogP contribution < -0.4 is 0 Å². The molecule has 0 saturated heterocycles. The molecule has 1 aliphatic rings. The van der Waals surface area contributed by atoms with Crippen LogP contribution in [-0.4, -0.2) is 11.0 Å². The standard InChI is InChI=1S/C5H10.C2H6.2ClH.H4Si/c1-2-4-5-3-1;1-2;;;/h1-5H2;1-2H3;2*1H;1H4. The monoisotopic (exact) mass is 204 g/mol. The summed E-state index contributed by atoms with van der Waals surface area (Å²) in [6, 6.07) is 0. The maximum atomic E-state index is 2.00. The van der Waals surface area contributed by atoms with Gasteiger partial charge in [-0.1, -0.05) is 46.0 Å². The summed E-state index contributed by atoms with van der Waals surface area (Å²) in [5.74, 6) is 0. The van der Waals surface area contributed by atoms with Crippen LogP contribution in [0.4, 0.5) is 0 Å². The number of halogens is 2. The Labute approximate surface area is 82.0 Å². The van der Waals surface area contributed by atoms with Gasteiger partial charge in [-0.3, -0.25) is 0 Å². The van der Waals surface area contributed by atoms with Crippen molar-refractivity contribution in [3.8, 4) is 0 Å². The second-order valence-electron chi connectivity index (χ2n) is 1.77. The normalized spacial score (nSPS) is 12.6. The van der Waals surface area contributed by atoms with Gasteiger partial charge in [0, 0.05) is 0 Å². The summed E-state index contributed by atoms with van der Waals surface area (Å²) in [7, 11) is 0. The van der Waals surface area contributed by atoms with E-state index in [9.17, 15) is 0 Å². The zero-order valence-corrected chi connectivity index (χ0v) is 7.99. The van der Waals surface area contributed by atoms with Gasteiger partial charge in [-0.2, -0.15) is 0 Å². The van der Waals surface area contributed by atoms with Crippen molar-refractivity contribution in [3.63, 3.8) is 0 Å². The summed E-state index contributed by atoms with van der Waals surface area (Å²) in [5, 5.41) is 0. The van der Waals surface area contributed by atoms with Gasteiger partial charge in [-0.15, -0.1) is 24.8 Å². The predicted molar refractivity (Wildman–Crippen MR) is 60.3 cm³/mol. The van der Waals surface area contributed by atoms with E-state index < -0.39 is 0 Å². The molecule has 0 unspecified atom stereocenters. The topological polar surface area (TPSA) is 0 Å². The molecule has 0 nitrogen and oxygen atoms in total. The summed E-state index contributed by atoms with van der Waals surface area (Å²) in [6.07, 6.45) is 7.50. The molecule has 10 heavy (non-hydrogen) atoms. The lowest BCUT2D eigenvalue weighted by atomic mass is 10.4. The third kappa shape index (κ3) is 15.9. The lowest BCUT2D eigenvalue weighted by Crippen LogP contribution is -1.47. The fourth-order valence-electron chi connectivity index (χ4n) is 0.884. The zero-order chi connectivity index (χ0) is 5.54. The maximum absolute atomic E-state index is 2.00. The predicted octanol–water partition coefficient (Wildman–Crippen LogP) is 2.37. The van der Waals surface area contributed by atoms with Gasteiger partial charge in [0.15, 0.2) is 0 Å². The molecule has 0 amide bonds. The first kappa shape index (κ1) is 22.4. The van der Waals surface area contributed by atoms with E-state index >= 15 is 0 Å². The number of hydrogen-bond donors (Lipinski definition) is 0. The van der Waals surface area contributed by atoms with Crippen LogP contribution in [0.5, 0.6) is 0 Å². The average molecular weight is 205 g/mol. The first-order valence-corrected chi connectivity index (χ1v) is 3.50. The first-order chi connectivity index (χ1) is 3.50.